The van der Waals surface area contributed by atoms with Gasteiger partial charge < -0.3 is 144 Å². The minimum Gasteiger partial charge on any atom is -0.394 e. The lowest BCUT2D eigenvalue weighted by Gasteiger charge is -2.52. The van der Waals surface area contributed by atoms with Gasteiger partial charge in [-0.15, -0.1) is 0 Å². The summed E-state index contributed by atoms with van der Waals surface area (Å²) < 4.78 is 63.9. The van der Waals surface area contributed by atoms with Gasteiger partial charge in [-0.25, -0.2) is 0 Å². The number of rotatable bonds is 15. The van der Waals surface area contributed by atoms with Crippen LogP contribution in [0, 0.1) is 0 Å². The normalized spacial score (nSPS) is 52.6. The Morgan fingerprint density at radius 3 is 1.32 bits per heavy atom. The monoisotopic (exact) mass is 999 g/mol. The molecule has 6 saturated heterocycles. The van der Waals surface area contributed by atoms with Crippen molar-refractivity contribution in [2.24, 2.45) is 0 Å². The summed E-state index contributed by atoms with van der Waals surface area (Å²) in [4.78, 5) is 13.1. The first-order chi connectivity index (χ1) is 32.1. The molecule has 6 rings (SSSR count). The van der Waals surface area contributed by atoms with Gasteiger partial charge in [0.1, 0.15) is 134 Å². The summed E-state index contributed by atoms with van der Waals surface area (Å²) in [6, 6.07) is -1.86. The third-order valence-electron chi connectivity index (χ3n) is 12.8. The van der Waals surface area contributed by atoms with E-state index in [9.17, 15) is 91.6 Å². The van der Waals surface area contributed by atoms with E-state index in [2.05, 4.69) is 5.32 Å². The van der Waals surface area contributed by atoms with E-state index in [1.54, 1.807) is 0 Å². The van der Waals surface area contributed by atoms with Crippen LogP contribution < -0.4 is 5.32 Å². The van der Waals surface area contributed by atoms with Gasteiger partial charge in [-0.05, 0) is 13.8 Å². The smallest absolute Gasteiger partial charge is 0.217 e. The fourth-order valence-corrected chi connectivity index (χ4v) is 8.78. The number of hydrogen-bond donors (Lipinski definition) is 18. The second kappa shape index (κ2) is 23.5. The Morgan fingerprint density at radius 2 is 0.794 bits per heavy atom. The van der Waals surface area contributed by atoms with E-state index in [1.807, 2.05) is 0 Å². The number of nitrogens with one attached hydrogen (secondary N) is 1. The number of carbonyl (C=O) groups is 1. The van der Waals surface area contributed by atoms with Gasteiger partial charge in [0.15, 0.2) is 37.7 Å². The zero-order chi connectivity index (χ0) is 50.2. The van der Waals surface area contributed by atoms with Crippen LogP contribution in [0.1, 0.15) is 20.8 Å². The number of ether oxygens (including phenoxy) is 11. The van der Waals surface area contributed by atoms with Crippen LogP contribution in [-0.2, 0) is 56.9 Å². The molecule has 0 bridgehead atoms. The van der Waals surface area contributed by atoms with Crippen LogP contribution >= 0.6 is 0 Å². The summed E-state index contributed by atoms with van der Waals surface area (Å²) >= 11 is 0. The Balaban J connectivity index is 1.39. The summed E-state index contributed by atoms with van der Waals surface area (Å²) in [5.41, 5.74) is 0. The molecule has 396 valence electrons. The molecule has 68 heavy (non-hydrogen) atoms. The van der Waals surface area contributed by atoms with Gasteiger partial charge in [-0.3, -0.25) is 4.79 Å². The van der Waals surface area contributed by atoms with Gasteiger partial charge in [0.2, 0.25) is 5.91 Å². The number of aliphatic hydroxyl groups excluding tert-OH is 17. The first-order valence-electron chi connectivity index (χ1n) is 21.8. The number of amides is 1. The van der Waals surface area contributed by atoms with Crippen LogP contribution in [0.3, 0.4) is 0 Å². The van der Waals surface area contributed by atoms with Crippen LogP contribution in [0.15, 0.2) is 0 Å². The maximum Gasteiger partial charge on any atom is 0.217 e. The molecule has 1 amide bonds. The largest absolute Gasteiger partial charge is 0.394 e. The van der Waals surface area contributed by atoms with Gasteiger partial charge in [0, 0.05) is 6.92 Å². The summed E-state index contributed by atoms with van der Waals surface area (Å²) in [5.74, 6) is -0.894. The summed E-state index contributed by atoms with van der Waals surface area (Å²) in [7, 11) is 0. The Morgan fingerprint density at radius 1 is 0.382 bits per heavy atom. The van der Waals surface area contributed by atoms with E-state index in [0.717, 1.165) is 6.92 Å². The predicted molar refractivity (Wildman–Crippen MR) is 208 cm³/mol. The molecule has 0 saturated carbocycles. The molecule has 0 spiro atoms. The van der Waals surface area contributed by atoms with Gasteiger partial charge in [0.05, 0.1) is 38.6 Å². The lowest BCUT2D eigenvalue weighted by atomic mass is 9.93. The highest BCUT2D eigenvalue weighted by Gasteiger charge is 2.59. The van der Waals surface area contributed by atoms with Crippen molar-refractivity contribution >= 4 is 5.91 Å². The highest BCUT2D eigenvalue weighted by Crippen LogP contribution is 2.38. The minimum absolute atomic E-state index is 0.894. The maximum absolute atomic E-state index is 13.1. The topological polar surface area (TPSA) is 475 Å². The van der Waals surface area contributed by atoms with Gasteiger partial charge >= 0.3 is 0 Å². The second-order valence-electron chi connectivity index (χ2n) is 17.5. The van der Waals surface area contributed by atoms with Crippen molar-refractivity contribution in [2.45, 2.75) is 205 Å². The third-order valence-corrected chi connectivity index (χ3v) is 12.8. The molecule has 0 aromatic rings. The first kappa shape index (κ1) is 55.7. The molecule has 6 fully saturated rings. The fraction of sp³-hybridized carbons (Fsp3) is 0.974. The van der Waals surface area contributed by atoms with E-state index < -0.39 is 217 Å². The van der Waals surface area contributed by atoms with Crippen LogP contribution in [0.25, 0.3) is 0 Å². The third kappa shape index (κ3) is 11.4. The summed E-state index contributed by atoms with van der Waals surface area (Å²) in [6.07, 6.45) is -54.0. The van der Waals surface area contributed by atoms with E-state index >= 15 is 0 Å². The summed E-state index contributed by atoms with van der Waals surface area (Å²) in [5, 5.41) is 184. The lowest BCUT2D eigenvalue weighted by Crippen LogP contribution is -2.71. The van der Waals surface area contributed by atoms with Crippen molar-refractivity contribution in [2.75, 3.05) is 26.4 Å². The van der Waals surface area contributed by atoms with E-state index in [1.165, 1.54) is 13.8 Å². The van der Waals surface area contributed by atoms with Crippen LogP contribution in [0.2, 0.25) is 0 Å². The molecular weight excluding hydrogens is 934 g/mol. The van der Waals surface area contributed by atoms with Crippen molar-refractivity contribution in [1.82, 2.24) is 5.32 Å². The molecule has 30 heteroatoms. The number of aliphatic hydroxyl groups is 17. The van der Waals surface area contributed by atoms with Crippen LogP contribution in [0.4, 0.5) is 0 Å². The second-order valence-corrected chi connectivity index (χ2v) is 17.5. The molecular formula is C38H65NO29. The Kier molecular flexibility index (Phi) is 19.2. The van der Waals surface area contributed by atoms with E-state index in [0.29, 0.717) is 0 Å². The van der Waals surface area contributed by atoms with E-state index in [4.69, 9.17) is 52.1 Å². The maximum atomic E-state index is 13.1. The molecule has 0 aromatic carbocycles. The standard InChI is InChI=1S/C38H65NO29/c1-8-16(45)20(49)25(54)35(58-8)65-29-14(7-43)63-34(67-31-19(48)12(5-41)61-37(27(31)56)64-28-13(6-42)60-33(57)24(53)23(28)52)15(39-10(3)44)30(29)66-38-32(22(51)18(47)11(4-40)62-38)68-36-26(55)21(50)17(46)9(2)59-36/h8-9,11-38,40-43,45-57H,4-7H2,1-3H3,(H,39,44)/t8-,9-,11+,12+,13+,14+,15+,16+,17+,18-,19-,20+,21+,22-,23+,24-,25-,26-,27+,28+,29+,30+,31-,32+,33?,34-,35-,36-,37-,38-/m0/s1. The SMILES string of the molecule is CC(=O)N[C@H]1[C@H](O[C@H]2[C@@H](O)[C@@H](CO)O[C@@H](O[C@H]3[C@H](O)[C@H](O)C(O)O[C@@H]3CO)[C@@H]2O)O[C@H](CO)[C@@H](O[C@@H]2O[C@@H](C)[C@@H](O)[C@@H](O)[C@@H]2O)[C@@H]1O[C@@H]1O[C@H](CO)[C@H](O)[C@H](O)[C@H]1O[C@@H]1O[C@@H](C)[C@@H](O)[C@@H](O)[C@@H]1O. The molecule has 18 N–H and O–H groups in total. The Labute approximate surface area is 386 Å². The fourth-order valence-electron chi connectivity index (χ4n) is 8.78. The average Bonchev–Trinajstić information content (AvgIpc) is 3.31. The molecule has 30 atom stereocenters. The molecule has 6 heterocycles. The van der Waals surface area contributed by atoms with Crippen molar-refractivity contribution in [3.05, 3.63) is 0 Å². The highest BCUT2D eigenvalue weighted by atomic mass is 16.8. The average molecular weight is 1000 g/mol. The molecule has 6 aliphatic heterocycles. The minimum atomic E-state index is -2.19. The molecule has 0 aliphatic carbocycles. The first-order valence-corrected chi connectivity index (χ1v) is 21.8. The van der Waals surface area contributed by atoms with Crippen molar-refractivity contribution in [3.63, 3.8) is 0 Å². The quantitative estimate of drug-likeness (QED) is 0.0724. The summed E-state index contributed by atoms with van der Waals surface area (Å²) in [6.45, 7) is -0.357. The molecule has 30 nitrogen and oxygen atoms in total. The van der Waals surface area contributed by atoms with Gasteiger partial charge in [-0.2, -0.15) is 0 Å². The van der Waals surface area contributed by atoms with Gasteiger partial charge in [-0.1, -0.05) is 0 Å². The number of hydrogen-bond acceptors (Lipinski definition) is 29. The van der Waals surface area contributed by atoms with Gasteiger partial charge in [0.25, 0.3) is 0 Å². The van der Waals surface area contributed by atoms with Crippen LogP contribution in [-0.4, -0.2) is 303 Å². The molecule has 0 radical (unpaired) electrons. The highest BCUT2D eigenvalue weighted by molar-refractivity contribution is 5.73. The predicted octanol–water partition coefficient (Wildman–Crippen LogP) is -11.9. The zero-order valence-electron chi connectivity index (χ0n) is 36.7. The Hall–Kier alpha value is -1.65. The Bertz CT molecular complexity index is 1590. The molecule has 1 unspecified atom stereocenters. The van der Waals surface area contributed by atoms with E-state index in [-0.39, 0.29) is 0 Å². The molecule has 0 aromatic heterocycles. The number of carbonyl (C=O) groups excluding carboxylic acids is 1. The molecule has 6 aliphatic rings. The van der Waals surface area contributed by atoms with Crippen molar-refractivity contribution < 1.29 is 144 Å². The zero-order valence-corrected chi connectivity index (χ0v) is 36.7. The van der Waals surface area contributed by atoms with Crippen molar-refractivity contribution in [3.8, 4) is 0 Å². The van der Waals surface area contributed by atoms with Crippen LogP contribution in [0.5, 0.6) is 0 Å². The lowest BCUT2D eigenvalue weighted by molar-refractivity contribution is -0.400. The van der Waals surface area contributed by atoms with Crippen molar-refractivity contribution in [1.29, 1.82) is 0 Å².